The number of ether oxygens (including phenoxy) is 1. The van der Waals surface area contributed by atoms with Crippen molar-refractivity contribution in [2.75, 3.05) is 6.61 Å². The molecular formula is C16H17N3O2. The molecule has 1 N–H and O–H groups in total. The average Bonchev–Trinajstić information content (AvgIpc) is 2.54. The Labute approximate surface area is 124 Å². The van der Waals surface area contributed by atoms with Gasteiger partial charge in [0.25, 0.3) is 5.91 Å². The zero-order valence-electron chi connectivity index (χ0n) is 11.8. The number of amides is 1. The van der Waals surface area contributed by atoms with E-state index in [4.69, 9.17) is 10.00 Å². The predicted molar refractivity (Wildman–Crippen MR) is 76.2 cm³/mol. The largest absolute Gasteiger partial charge is 0.482 e. The van der Waals surface area contributed by atoms with Crippen molar-refractivity contribution < 1.29 is 9.53 Å². The fraction of sp³-hybridized carbons (Fsp3) is 0.438. The molecule has 0 spiro atoms. The average molecular weight is 283 g/mol. The summed E-state index contributed by atoms with van der Waals surface area (Å²) in [6, 6.07) is 11.0. The molecule has 1 aliphatic carbocycles. The Kier molecular flexibility index (Phi) is 4.79. The molecule has 108 valence electrons. The van der Waals surface area contributed by atoms with Crippen molar-refractivity contribution in [3.05, 3.63) is 29.8 Å². The second-order valence-corrected chi connectivity index (χ2v) is 5.20. The number of rotatable bonds is 4. The Hall–Kier alpha value is -2.53. The van der Waals surface area contributed by atoms with E-state index in [0.29, 0.717) is 24.2 Å². The van der Waals surface area contributed by atoms with Gasteiger partial charge in [-0.2, -0.15) is 10.5 Å². The first kappa shape index (κ1) is 14.9. The zero-order valence-corrected chi connectivity index (χ0v) is 11.8. The maximum absolute atomic E-state index is 12.0. The molecule has 1 aromatic rings. The third-order valence-electron chi connectivity index (χ3n) is 3.67. The SMILES string of the molecule is N#Cc1ccccc1OCC(=O)NC1(C#N)CCCCC1. The number of hydrogen-bond donors (Lipinski definition) is 1. The number of carbonyl (C=O) groups is 1. The summed E-state index contributed by atoms with van der Waals surface area (Å²) in [5.41, 5.74) is -0.370. The van der Waals surface area contributed by atoms with Gasteiger partial charge in [-0.05, 0) is 25.0 Å². The van der Waals surface area contributed by atoms with Crippen LogP contribution in [0.3, 0.4) is 0 Å². The van der Waals surface area contributed by atoms with E-state index in [1.807, 2.05) is 6.07 Å². The van der Waals surface area contributed by atoms with Crippen LogP contribution in [-0.4, -0.2) is 18.1 Å². The second kappa shape index (κ2) is 6.76. The fourth-order valence-electron chi connectivity index (χ4n) is 2.55. The van der Waals surface area contributed by atoms with Crippen molar-refractivity contribution in [1.82, 2.24) is 5.32 Å². The van der Waals surface area contributed by atoms with Gasteiger partial charge in [0.05, 0.1) is 11.6 Å². The highest BCUT2D eigenvalue weighted by Crippen LogP contribution is 2.27. The van der Waals surface area contributed by atoms with Gasteiger partial charge in [0, 0.05) is 0 Å². The Bertz CT molecular complexity index is 592. The molecule has 0 heterocycles. The smallest absolute Gasteiger partial charge is 0.259 e. The molecule has 1 saturated carbocycles. The number of para-hydroxylation sites is 1. The first-order valence-corrected chi connectivity index (χ1v) is 7.03. The van der Waals surface area contributed by atoms with E-state index in [1.165, 1.54) is 0 Å². The van der Waals surface area contributed by atoms with E-state index < -0.39 is 5.54 Å². The van der Waals surface area contributed by atoms with Gasteiger partial charge >= 0.3 is 0 Å². The minimum Gasteiger partial charge on any atom is -0.482 e. The van der Waals surface area contributed by atoms with Crippen LogP contribution in [0.4, 0.5) is 0 Å². The number of hydrogen-bond acceptors (Lipinski definition) is 4. The third-order valence-corrected chi connectivity index (χ3v) is 3.67. The molecule has 0 atom stereocenters. The molecule has 21 heavy (non-hydrogen) atoms. The molecule has 5 heteroatoms. The lowest BCUT2D eigenvalue weighted by molar-refractivity contribution is -0.124. The molecule has 5 nitrogen and oxygen atoms in total. The Morgan fingerprint density at radius 2 is 1.95 bits per heavy atom. The van der Waals surface area contributed by atoms with E-state index >= 15 is 0 Å². The summed E-state index contributed by atoms with van der Waals surface area (Å²) in [6.07, 6.45) is 4.37. The lowest BCUT2D eigenvalue weighted by atomic mass is 9.83. The molecule has 0 radical (unpaired) electrons. The number of nitrogens with one attached hydrogen (secondary N) is 1. The summed E-state index contributed by atoms with van der Waals surface area (Å²) in [6.45, 7) is -0.192. The van der Waals surface area contributed by atoms with Crippen LogP contribution in [0.5, 0.6) is 5.75 Å². The zero-order chi connectivity index (χ0) is 15.1. The Balaban J connectivity index is 1.93. The van der Waals surface area contributed by atoms with Crippen LogP contribution in [0.2, 0.25) is 0 Å². The number of carbonyl (C=O) groups excluding carboxylic acids is 1. The van der Waals surface area contributed by atoms with Gasteiger partial charge < -0.3 is 10.1 Å². The normalized spacial score (nSPS) is 16.3. The van der Waals surface area contributed by atoms with Gasteiger partial charge in [0.15, 0.2) is 6.61 Å². The van der Waals surface area contributed by atoms with Crippen molar-refractivity contribution in [3.8, 4) is 17.9 Å². The minimum atomic E-state index is -0.757. The van der Waals surface area contributed by atoms with Gasteiger partial charge in [-0.15, -0.1) is 0 Å². The van der Waals surface area contributed by atoms with Crippen molar-refractivity contribution in [2.45, 2.75) is 37.6 Å². The summed E-state index contributed by atoms with van der Waals surface area (Å²) in [4.78, 5) is 12.0. The number of nitriles is 2. The van der Waals surface area contributed by atoms with Gasteiger partial charge in [-0.25, -0.2) is 0 Å². The number of benzene rings is 1. The van der Waals surface area contributed by atoms with E-state index in [9.17, 15) is 10.1 Å². The van der Waals surface area contributed by atoms with Crippen molar-refractivity contribution >= 4 is 5.91 Å². The first-order valence-electron chi connectivity index (χ1n) is 7.03. The summed E-state index contributed by atoms with van der Waals surface area (Å²) in [5, 5.41) is 21.0. The molecule has 1 aromatic carbocycles. The second-order valence-electron chi connectivity index (χ2n) is 5.20. The molecule has 0 aromatic heterocycles. The van der Waals surface area contributed by atoms with Gasteiger partial charge in [0.1, 0.15) is 17.4 Å². The molecule has 0 saturated heterocycles. The van der Waals surface area contributed by atoms with Crippen LogP contribution in [0, 0.1) is 22.7 Å². The van der Waals surface area contributed by atoms with Crippen LogP contribution in [0.15, 0.2) is 24.3 Å². The van der Waals surface area contributed by atoms with E-state index in [0.717, 1.165) is 19.3 Å². The summed E-state index contributed by atoms with van der Waals surface area (Å²) >= 11 is 0. The quantitative estimate of drug-likeness (QED) is 0.918. The van der Waals surface area contributed by atoms with Crippen molar-refractivity contribution in [1.29, 1.82) is 10.5 Å². The van der Waals surface area contributed by atoms with Crippen molar-refractivity contribution in [3.63, 3.8) is 0 Å². The maximum Gasteiger partial charge on any atom is 0.259 e. The molecule has 0 bridgehead atoms. The van der Waals surface area contributed by atoms with E-state index in [2.05, 4.69) is 11.4 Å². The monoisotopic (exact) mass is 283 g/mol. The number of nitrogens with zero attached hydrogens (tertiary/aromatic N) is 2. The van der Waals surface area contributed by atoms with Crippen LogP contribution in [-0.2, 0) is 4.79 Å². The van der Waals surface area contributed by atoms with Crippen molar-refractivity contribution in [2.24, 2.45) is 0 Å². The highest BCUT2D eigenvalue weighted by Gasteiger charge is 2.33. The lowest BCUT2D eigenvalue weighted by Gasteiger charge is -2.31. The standard InChI is InChI=1S/C16H17N3O2/c17-10-13-6-2-3-7-14(13)21-11-15(20)19-16(12-18)8-4-1-5-9-16/h2-3,6-7H,1,4-5,8-9,11H2,(H,19,20). The Morgan fingerprint density at radius 1 is 1.24 bits per heavy atom. The van der Waals surface area contributed by atoms with Gasteiger partial charge in [-0.3, -0.25) is 4.79 Å². The minimum absolute atomic E-state index is 0.192. The fourth-order valence-corrected chi connectivity index (χ4v) is 2.55. The first-order chi connectivity index (χ1) is 10.2. The molecule has 1 fully saturated rings. The van der Waals surface area contributed by atoms with E-state index in [-0.39, 0.29) is 12.5 Å². The van der Waals surface area contributed by atoms with Gasteiger partial charge in [0.2, 0.25) is 0 Å². The van der Waals surface area contributed by atoms with Crippen LogP contribution >= 0.6 is 0 Å². The summed E-state index contributed by atoms with van der Waals surface area (Å²) in [7, 11) is 0. The van der Waals surface area contributed by atoms with E-state index in [1.54, 1.807) is 24.3 Å². The molecular weight excluding hydrogens is 266 g/mol. The summed E-state index contributed by atoms with van der Waals surface area (Å²) in [5.74, 6) is 0.0518. The molecule has 1 aliphatic rings. The molecule has 2 rings (SSSR count). The summed E-state index contributed by atoms with van der Waals surface area (Å²) < 4.78 is 5.38. The highest BCUT2D eigenvalue weighted by atomic mass is 16.5. The van der Waals surface area contributed by atoms with Crippen LogP contribution in [0.1, 0.15) is 37.7 Å². The Morgan fingerprint density at radius 3 is 2.62 bits per heavy atom. The van der Waals surface area contributed by atoms with Gasteiger partial charge in [-0.1, -0.05) is 31.4 Å². The molecule has 1 amide bonds. The highest BCUT2D eigenvalue weighted by molar-refractivity contribution is 5.79. The third kappa shape index (κ3) is 3.73. The predicted octanol–water partition coefficient (Wildman–Crippen LogP) is 2.28. The topological polar surface area (TPSA) is 85.9 Å². The molecule has 0 aliphatic heterocycles. The molecule has 0 unspecified atom stereocenters. The van der Waals surface area contributed by atoms with Crippen LogP contribution < -0.4 is 10.1 Å². The van der Waals surface area contributed by atoms with Crippen LogP contribution in [0.25, 0.3) is 0 Å². The lowest BCUT2D eigenvalue weighted by Crippen LogP contribution is -2.50. The maximum atomic E-state index is 12.0.